The Morgan fingerprint density at radius 3 is 2.87 bits per heavy atom. The summed E-state index contributed by atoms with van der Waals surface area (Å²) < 4.78 is 7.35. The van der Waals surface area contributed by atoms with Crippen LogP contribution in [0.5, 0.6) is 5.75 Å². The molecule has 0 radical (unpaired) electrons. The van der Waals surface area contributed by atoms with Gasteiger partial charge in [-0.2, -0.15) is 0 Å². The van der Waals surface area contributed by atoms with Crippen LogP contribution in [0, 0.1) is 6.92 Å². The molecule has 0 aliphatic heterocycles. The molecule has 3 rings (SSSR count). The van der Waals surface area contributed by atoms with Crippen molar-refractivity contribution in [1.29, 1.82) is 0 Å². The van der Waals surface area contributed by atoms with Gasteiger partial charge in [0.2, 0.25) is 0 Å². The first-order chi connectivity index (χ1) is 11.1. The Hall–Kier alpha value is -2.82. The van der Waals surface area contributed by atoms with E-state index < -0.39 is 5.97 Å². The highest BCUT2D eigenvalue weighted by Gasteiger charge is 2.19. The first-order valence-electron chi connectivity index (χ1n) is 7.51. The van der Waals surface area contributed by atoms with Crippen LogP contribution in [0.1, 0.15) is 34.2 Å². The molecule has 0 fully saturated rings. The molecule has 0 spiro atoms. The molecule has 5 nitrogen and oxygen atoms in total. The third-order valence-corrected chi connectivity index (χ3v) is 3.80. The second kappa shape index (κ2) is 6.12. The second-order valence-electron chi connectivity index (χ2n) is 5.39. The number of hydrogen-bond donors (Lipinski definition) is 1. The lowest BCUT2D eigenvalue weighted by atomic mass is 10.2. The highest BCUT2D eigenvalue weighted by Crippen LogP contribution is 2.19. The second-order valence-corrected chi connectivity index (χ2v) is 5.39. The number of ether oxygens (including phenoxy) is 1. The van der Waals surface area contributed by atoms with Crippen LogP contribution in [-0.2, 0) is 13.0 Å². The van der Waals surface area contributed by atoms with Crippen LogP contribution in [-0.4, -0.2) is 20.5 Å². The first-order valence-corrected chi connectivity index (χ1v) is 7.51. The van der Waals surface area contributed by atoms with Gasteiger partial charge in [0.05, 0.1) is 0 Å². The summed E-state index contributed by atoms with van der Waals surface area (Å²) in [4.78, 5) is 16.1. The fourth-order valence-corrected chi connectivity index (χ4v) is 2.58. The van der Waals surface area contributed by atoms with Crippen LogP contribution in [0.25, 0.3) is 5.65 Å². The minimum absolute atomic E-state index is 0.121. The zero-order chi connectivity index (χ0) is 16.4. The summed E-state index contributed by atoms with van der Waals surface area (Å²) in [7, 11) is 0. The molecular formula is C18H18N2O3. The number of aromatic carboxylic acids is 1. The van der Waals surface area contributed by atoms with Crippen molar-refractivity contribution >= 4 is 11.6 Å². The van der Waals surface area contributed by atoms with Gasteiger partial charge in [-0.25, -0.2) is 9.78 Å². The molecule has 0 saturated carbocycles. The molecule has 0 aliphatic carbocycles. The van der Waals surface area contributed by atoms with Crippen molar-refractivity contribution in [1.82, 2.24) is 9.38 Å². The third kappa shape index (κ3) is 2.90. The summed E-state index contributed by atoms with van der Waals surface area (Å²) in [5, 5.41) is 9.51. The Bertz CT molecular complexity index is 868. The molecule has 5 heteroatoms. The van der Waals surface area contributed by atoms with E-state index in [1.165, 1.54) is 5.56 Å². The molecule has 0 atom stereocenters. The van der Waals surface area contributed by atoms with E-state index in [9.17, 15) is 9.90 Å². The van der Waals surface area contributed by atoms with Crippen LogP contribution in [0.15, 0.2) is 42.6 Å². The van der Waals surface area contributed by atoms with Gasteiger partial charge in [-0.15, -0.1) is 0 Å². The Balaban J connectivity index is 1.94. The molecule has 1 aromatic carbocycles. The van der Waals surface area contributed by atoms with E-state index in [2.05, 4.69) is 11.9 Å². The molecule has 2 aromatic heterocycles. The smallest absolute Gasteiger partial charge is 0.354 e. The number of pyridine rings is 1. The molecule has 0 aliphatic rings. The van der Waals surface area contributed by atoms with Gasteiger partial charge in [0.25, 0.3) is 0 Å². The average Bonchev–Trinajstić information content (AvgIpc) is 2.93. The highest BCUT2D eigenvalue weighted by atomic mass is 16.5. The minimum atomic E-state index is -1.01. The maximum Gasteiger partial charge on any atom is 0.354 e. The predicted octanol–water partition coefficient (Wildman–Crippen LogP) is 3.48. The quantitative estimate of drug-likeness (QED) is 0.783. The van der Waals surface area contributed by atoms with Crippen LogP contribution in [0.3, 0.4) is 0 Å². The number of hydrogen-bond acceptors (Lipinski definition) is 3. The average molecular weight is 310 g/mol. The van der Waals surface area contributed by atoms with Crippen molar-refractivity contribution in [3.05, 3.63) is 65.1 Å². The third-order valence-electron chi connectivity index (χ3n) is 3.80. The molecule has 23 heavy (non-hydrogen) atoms. The molecule has 0 unspecified atom stereocenters. The van der Waals surface area contributed by atoms with Crippen LogP contribution in [0.4, 0.5) is 0 Å². The number of carboxylic acid groups (broad SMARTS) is 1. The van der Waals surface area contributed by atoms with Crippen LogP contribution in [0.2, 0.25) is 0 Å². The van der Waals surface area contributed by atoms with Crippen LogP contribution < -0.4 is 4.74 Å². The molecule has 0 amide bonds. The standard InChI is InChI=1S/C18H18N2O3/c1-3-13-7-4-8-14(10-13)23-11-15-16(18(21)22)20-9-5-6-12(2)17(20)19-15/h4-10H,3,11H2,1-2H3,(H,21,22). The van der Waals surface area contributed by atoms with Gasteiger partial charge < -0.3 is 9.84 Å². The zero-order valence-electron chi connectivity index (χ0n) is 13.1. The summed E-state index contributed by atoms with van der Waals surface area (Å²) in [5.74, 6) is -0.293. The van der Waals surface area contributed by atoms with Gasteiger partial charge in [-0.3, -0.25) is 4.40 Å². The number of aromatic nitrogens is 2. The molecule has 0 saturated heterocycles. The fourth-order valence-electron chi connectivity index (χ4n) is 2.58. The lowest BCUT2D eigenvalue weighted by Gasteiger charge is -2.06. The van der Waals surface area contributed by atoms with E-state index in [0.29, 0.717) is 11.3 Å². The molecular weight excluding hydrogens is 292 g/mol. The van der Waals surface area contributed by atoms with Crippen molar-refractivity contribution in [3.8, 4) is 5.75 Å². The SMILES string of the molecule is CCc1cccc(OCc2nc3c(C)cccn3c2C(=O)O)c1. The normalized spacial score (nSPS) is 10.9. The first kappa shape index (κ1) is 15.1. The van der Waals surface area contributed by atoms with Crippen molar-refractivity contribution < 1.29 is 14.6 Å². The van der Waals surface area contributed by atoms with Gasteiger partial charge >= 0.3 is 5.97 Å². The van der Waals surface area contributed by atoms with Gasteiger partial charge in [-0.1, -0.05) is 25.1 Å². The van der Waals surface area contributed by atoms with E-state index in [-0.39, 0.29) is 12.3 Å². The highest BCUT2D eigenvalue weighted by molar-refractivity contribution is 5.88. The summed E-state index contributed by atoms with van der Waals surface area (Å²) in [6.07, 6.45) is 2.63. The number of benzene rings is 1. The summed E-state index contributed by atoms with van der Waals surface area (Å²) >= 11 is 0. The fraction of sp³-hybridized carbons (Fsp3) is 0.222. The Morgan fingerprint density at radius 2 is 2.13 bits per heavy atom. The summed E-state index contributed by atoms with van der Waals surface area (Å²) in [5.41, 5.74) is 3.32. The van der Waals surface area contributed by atoms with E-state index >= 15 is 0 Å². The van der Waals surface area contributed by atoms with Gasteiger partial charge in [0, 0.05) is 6.20 Å². The topological polar surface area (TPSA) is 63.8 Å². The lowest BCUT2D eigenvalue weighted by molar-refractivity contribution is 0.0686. The van der Waals surface area contributed by atoms with E-state index in [1.54, 1.807) is 10.6 Å². The summed E-state index contributed by atoms with van der Waals surface area (Å²) in [6, 6.07) is 11.5. The summed E-state index contributed by atoms with van der Waals surface area (Å²) in [6.45, 7) is 4.10. The Labute approximate surface area is 134 Å². The monoisotopic (exact) mass is 310 g/mol. The largest absolute Gasteiger partial charge is 0.487 e. The zero-order valence-corrected chi connectivity index (χ0v) is 13.1. The number of aryl methyl sites for hydroxylation is 2. The van der Waals surface area contributed by atoms with Gasteiger partial charge in [0.1, 0.15) is 23.7 Å². The molecule has 3 aromatic rings. The molecule has 118 valence electrons. The maximum absolute atomic E-state index is 11.6. The van der Waals surface area contributed by atoms with Crippen molar-refractivity contribution in [2.24, 2.45) is 0 Å². The number of rotatable bonds is 5. The number of imidazole rings is 1. The predicted molar refractivity (Wildman–Crippen MR) is 87.0 cm³/mol. The molecule has 2 heterocycles. The maximum atomic E-state index is 11.6. The van der Waals surface area contributed by atoms with Crippen molar-refractivity contribution in [2.45, 2.75) is 26.9 Å². The van der Waals surface area contributed by atoms with E-state index in [1.807, 2.05) is 43.3 Å². The Kier molecular flexibility index (Phi) is 4.02. The number of carboxylic acids is 1. The number of fused-ring (bicyclic) bond motifs is 1. The van der Waals surface area contributed by atoms with E-state index in [4.69, 9.17) is 4.74 Å². The van der Waals surface area contributed by atoms with E-state index in [0.717, 1.165) is 17.7 Å². The number of carbonyl (C=O) groups is 1. The van der Waals surface area contributed by atoms with Crippen molar-refractivity contribution in [2.75, 3.05) is 0 Å². The lowest BCUT2D eigenvalue weighted by Crippen LogP contribution is -2.07. The minimum Gasteiger partial charge on any atom is -0.487 e. The molecule has 0 bridgehead atoms. The van der Waals surface area contributed by atoms with Crippen LogP contribution >= 0.6 is 0 Å². The van der Waals surface area contributed by atoms with Gasteiger partial charge in [0.15, 0.2) is 5.69 Å². The number of nitrogens with zero attached hydrogens (tertiary/aromatic N) is 2. The van der Waals surface area contributed by atoms with Gasteiger partial charge in [-0.05, 0) is 42.7 Å². The Morgan fingerprint density at radius 1 is 1.30 bits per heavy atom. The molecule has 1 N–H and O–H groups in total. The van der Waals surface area contributed by atoms with Crippen molar-refractivity contribution in [3.63, 3.8) is 0 Å².